The molecule has 4 atom stereocenters. The molecule has 52 valence electrons. The fourth-order valence-electron chi connectivity index (χ4n) is 2.89. The molecule has 0 N–H and O–H groups in total. The maximum Gasteiger partial charge on any atom is -0.0326 e. The van der Waals surface area contributed by atoms with E-state index in [-0.39, 0.29) is 0 Å². The first-order valence-corrected chi connectivity index (χ1v) is 4.34. The van der Waals surface area contributed by atoms with E-state index in [1.807, 2.05) is 0 Å². The normalized spacial score (nSPS) is 55.3. The standard InChI is InChI=1S/C9H16/c1-3-7-4-5-8-6(2)9(7)8/h6-9H,3-5H2,1-2H3. The summed E-state index contributed by atoms with van der Waals surface area (Å²) in [6, 6.07) is 0. The summed E-state index contributed by atoms with van der Waals surface area (Å²) in [5.41, 5.74) is 0. The average molecular weight is 124 g/mol. The van der Waals surface area contributed by atoms with Gasteiger partial charge in [0.15, 0.2) is 0 Å². The van der Waals surface area contributed by atoms with Gasteiger partial charge < -0.3 is 0 Å². The fraction of sp³-hybridized carbons (Fsp3) is 1.00. The fourth-order valence-corrected chi connectivity index (χ4v) is 2.89. The Hall–Kier alpha value is 0. The topological polar surface area (TPSA) is 0 Å². The van der Waals surface area contributed by atoms with E-state index < -0.39 is 0 Å². The zero-order valence-electron chi connectivity index (χ0n) is 6.43. The van der Waals surface area contributed by atoms with Crippen molar-refractivity contribution < 1.29 is 0 Å². The van der Waals surface area contributed by atoms with E-state index >= 15 is 0 Å². The highest BCUT2D eigenvalue weighted by atomic mass is 14.6. The average Bonchev–Trinajstić information content (AvgIpc) is 2.41. The Bertz CT molecular complexity index is 117. The molecule has 2 saturated carbocycles. The van der Waals surface area contributed by atoms with Gasteiger partial charge in [-0.15, -0.1) is 0 Å². The van der Waals surface area contributed by atoms with Crippen LogP contribution in [0.3, 0.4) is 0 Å². The van der Waals surface area contributed by atoms with Gasteiger partial charge in [0.1, 0.15) is 0 Å². The summed E-state index contributed by atoms with van der Waals surface area (Å²) in [4.78, 5) is 0. The molecule has 0 nitrogen and oxygen atoms in total. The van der Waals surface area contributed by atoms with Crippen LogP contribution in [0, 0.1) is 23.7 Å². The SMILES string of the molecule is CCC1CCC2C(C)C12. The van der Waals surface area contributed by atoms with Crippen LogP contribution in [0.5, 0.6) is 0 Å². The predicted molar refractivity (Wildman–Crippen MR) is 39.2 cm³/mol. The summed E-state index contributed by atoms with van der Waals surface area (Å²) < 4.78 is 0. The van der Waals surface area contributed by atoms with Crippen molar-refractivity contribution in [3.05, 3.63) is 0 Å². The number of hydrogen-bond acceptors (Lipinski definition) is 0. The van der Waals surface area contributed by atoms with Crippen LogP contribution in [0.15, 0.2) is 0 Å². The van der Waals surface area contributed by atoms with Gasteiger partial charge in [0.25, 0.3) is 0 Å². The first kappa shape index (κ1) is 5.76. The summed E-state index contributed by atoms with van der Waals surface area (Å²) >= 11 is 0. The lowest BCUT2D eigenvalue weighted by Gasteiger charge is -2.07. The lowest BCUT2D eigenvalue weighted by Crippen LogP contribution is -1.98. The predicted octanol–water partition coefficient (Wildman–Crippen LogP) is 2.69. The van der Waals surface area contributed by atoms with Gasteiger partial charge >= 0.3 is 0 Å². The Morgan fingerprint density at radius 2 is 2.11 bits per heavy atom. The zero-order chi connectivity index (χ0) is 6.43. The summed E-state index contributed by atoms with van der Waals surface area (Å²) in [6.07, 6.45) is 4.52. The Labute approximate surface area is 57.6 Å². The van der Waals surface area contributed by atoms with Gasteiger partial charge in [-0.3, -0.25) is 0 Å². The van der Waals surface area contributed by atoms with Gasteiger partial charge in [-0.05, 0) is 36.5 Å². The first-order chi connectivity index (χ1) is 4.34. The van der Waals surface area contributed by atoms with Crippen LogP contribution in [-0.2, 0) is 0 Å². The number of rotatable bonds is 1. The molecule has 2 rings (SSSR count). The zero-order valence-corrected chi connectivity index (χ0v) is 6.43. The van der Waals surface area contributed by atoms with Crippen LogP contribution in [-0.4, -0.2) is 0 Å². The summed E-state index contributed by atoms with van der Waals surface area (Å²) in [5, 5.41) is 0. The molecular weight excluding hydrogens is 108 g/mol. The van der Waals surface area contributed by atoms with Crippen molar-refractivity contribution in [2.75, 3.05) is 0 Å². The van der Waals surface area contributed by atoms with E-state index in [0.29, 0.717) is 0 Å². The quantitative estimate of drug-likeness (QED) is 0.504. The molecule has 2 aliphatic rings. The molecule has 0 bridgehead atoms. The molecule has 2 aliphatic carbocycles. The molecule has 0 aromatic carbocycles. The van der Waals surface area contributed by atoms with Crippen molar-refractivity contribution in [3.63, 3.8) is 0 Å². The minimum absolute atomic E-state index is 1.10. The van der Waals surface area contributed by atoms with E-state index in [1.54, 1.807) is 6.42 Å². The maximum absolute atomic E-state index is 2.43. The van der Waals surface area contributed by atoms with Gasteiger partial charge in [-0.25, -0.2) is 0 Å². The molecule has 0 heteroatoms. The maximum atomic E-state index is 2.43. The molecule has 4 unspecified atom stereocenters. The second kappa shape index (κ2) is 1.74. The molecule has 0 radical (unpaired) electrons. The largest absolute Gasteiger partial charge is 0.0651 e. The van der Waals surface area contributed by atoms with Crippen LogP contribution in [0.2, 0.25) is 0 Å². The molecule has 0 spiro atoms. The summed E-state index contributed by atoms with van der Waals surface area (Å²) in [7, 11) is 0. The Morgan fingerprint density at radius 3 is 2.44 bits per heavy atom. The molecular formula is C9H16. The van der Waals surface area contributed by atoms with Crippen LogP contribution in [0.1, 0.15) is 33.1 Å². The van der Waals surface area contributed by atoms with Gasteiger partial charge in [-0.1, -0.05) is 20.3 Å². The third kappa shape index (κ3) is 0.653. The second-order valence-electron chi connectivity index (χ2n) is 3.85. The Balaban J connectivity index is 1.99. The van der Waals surface area contributed by atoms with Crippen LogP contribution < -0.4 is 0 Å². The Kier molecular flexibility index (Phi) is 1.12. The van der Waals surface area contributed by atoms with Gasteiger partial charge in [-0.2, -0.15) is 0 Å². The lowest BCUT2D eigenvalue weighted by molar-refractivity contribution is 0.431. The van der Waals surface area contributed by atoms with Gasteiger partial charge in [0, 0.05) is 0 Å². The van der Waals surface area contributed by atoms with Crippen molar-refractivity contribution in [2.24, 2.45) is 23.7 Å². The molecule has 0 heterocycles. The van der Waals surface area contributed by atoms with Crippen LogP contribution in [0.4, 0.5) is 0 Å². The van der Waals surface area contributed by atoms with Crippen molar-refractivity contribution in [2.45, 2.75) is 33.1 Å². The third-order valence-corrected chi connectivity index (χ3v) is 3.58. The molecule has 0 aliphatic heterocycles. The molecule has 2 fully saturated rings. The third-order valence-electron chi connectivity index (χ3n) is 3.58. The smallest absolute Gasteiger partial charge is 0.0326 e. The van der Waals surface area contributed by atoms with E-state index in [9.17, 15) is 0 Å². The van der Waals surface area contributed by atoms with Crippen LogP contribution in [0.25, 0.3) is 0 Å². The minimum atomic E-state index is 1.10. The second-order valence-corrected chi connectivity index (χ2v) is 3.85. The molecule has 0 saturated heterocycles. The molecule has 0 aromatic heterocycles. The van der Waals surface area contributed by atoms with E-state index in [0.717, 1.165) is 23.7 Å². The lowest BCUT2D eigenvalue weighted by atomic mass is 9.98. The van der Waals surface area contributed by atoms with Gasteiger partial charge in [0.2, 0.25) is 0 Å². The Morgan fingerprint density at radius 1 is 1.33 bits per heavy atom. The van der Waals surface area contributed by atoms with Crippen molar-refractivity contribution in [3.8, 4) is 0 Å². The minimum Gasteiger partial charge on any atom is -0.0651 e. The highest BCUT2D eigenvalue weighted by molar-refractivity contribution is 5.02. The van der Waals surface area contributed by atoms with E-state index in [2.05, 4.69) is 13.8 Å². The highest BCUT2D eigenvalue weighted by Crippen LogP contribution is 2.60. The number of fused-ring (bicyclic) bond motifs is 1. The van der Waals surface area contributed by atoms with E-state index in [4.69, 9.17) is 0 Å². The van der Waals surface area contributed by atoms with Crippen LogP contribution >= 0.6 is 0 Å². The molecule has 9 heavy (non-hydrogen) atoms. The monoisotopic (exact) mass is 124 g/mol. The summed E-state index contributed by atoms with van der Waals surface area (Å²) in [5.74, 6) is 4.54. The first-order valence-electron chi connectivity index (χ1n) is 4.34. The highest BCUT2D eigenvalue weighted by Gasteiger charge is 2.53. The van der Waals surface area contributed by atoms with Gasteiger partial charge in [0.05, 0.1) is 0 Å². The van der Waals surface area contributed by atoms with Crippen molar-refractivity contribution in [1.29, 1.82) is 0 Å². The number of hydrogen-bond donors (Lipinski definition) is 0. The van der Waals surface area contributed by atoms with Crippen molar-refractivity contribution >= 4 is 0 Å². The molecule has 0 amide bonds. The van der Waals surface area contributed by atoms with Crippen molar-refractivity contribution in [1.82, 2.24) is 0 Å². The molecule has 0 aromatic rings. The van der Waals surface area contributed by atoms with E-state index in [1.165, 1.54) is 12.8 Å². The summed E-state index contributed by atoms with van der Waals surface area (Å²) in [6.45, 7) is 4.77.